The number of benzene rings is 1. The smallest absolute Gasteiger partial charge is 0.419 e. The fraction of sp³-hybridized carbons (Fsp3) is 0.333. The second-order valence-electron chi connectivity index (χ2n) is 5.97. The van der Waals surface area contributed by atoms with Crippen molar-refractivity contribution in [3.8, 4) is 5.75 Å². The van der Waals surface area contributed by atoms with Gasteiger partial charge in [0.1, 0.15) is 11.6 Å². The third kappa shape index (κ3) is 3.89. The Morgan fingerprint density at radius 3 is 2.62 bits per heavy atom. The van der Waals surface area contributed by atoms with Gasteiger partial charge in [0.25, 0.3) is 5.91 Å². The van der Waals surface area contributed by atoms with Crippen LogP contribution >= 0.6 is 0 Å². The average molecular weight is 365 g/mol. The van der Waals surface area contributed by atoms with Crippen LogP contribution in [0.5, 0.6) is 5.75 Å². The van der Waals surface area contributed by atoms with Gasteiger partial charge in [0.2, 0.25) is 0 Å². The van der Waals surface area contributed by atoms with E-state index in [0.717, 1.165) is 18.9 Å². The van der Waals surface area contributed by atoms with Crippen LogP contribution < -0.4 is 15.0 Å². The summed E-state index contributed by atoms with van der Waals surface area (Å²) in [5.74, 6) is -0.251. The van der Waals surface area contributed by atoms with Gasteiger partial charge in [-0.2, -0.15) is 13.2 Å². The fourth-order valence-corrected chi connectivity index (χ4v) is 2.88. The van der Waals surface area contributed by atoms with Crippen LogP contribution in [-0.2, 0) is 6.18 Å². The highest BCUT2D eigenvalue weighted by Gasteiger charge is 2.37. The van der Waals surface area contributed by atoms with Crippen LogP contribution in [0, 0.1) is 0 Å². The van der Waals surface area contributed by atoms with Gasteiger partial charge in [-0.15, -0.1) is 0 Å². The lowest BCUT2D eigenvalue weighted by Gasteiger charge is -2.21. The molecule has 0 atom stereocenters. The van der Waals surface area contributed by atoms with Crippen LogP contribution in [0.25, 0.3) is 0 Å². The largest absolute Gasteiger partial charge is 0.497 e. The van der Waals surface area contributed by atoms with E-state index in [1.807, 2.05) is 0 Å². The Labute approximate surface area is 148 Å². The van der Waals surface area contributed by atoms with Gasteiger partial charge < -0.3 is 15.0 Å². The van der Waals surface area contributed by atoms with Crippen molar-refractivity contribution in [2.45, 2.75) is 19.0 Å². The van der Waals surface area contributed by atoms with Gasteiger partial charge in [-0.1, -0.05) is 6.07 Å². The van der Waals surface area contributed by atoms with Crippen LogP contribution in [0.1, 0.15) is 28.8 Å². The monoisotopic (exact) mass is 365 g/mol. The van der Waals surface area contributed by atoms with Gasteiger partial charge in [-0.25, -0.2) is 4.98 Å². The summed E-state index contributed by atoms with van der Waals surface area (Å²) in [5, 5.41) is 2.56. The molecule has 3 rings (SSSR count). The van der Waals surface area contributed by atoms with Crippen LogP contribution in [-0.4, -0.2) is 31.1 Å². The molecule has 0 aliphatic carbocycles. The van der Waals surface area contributed by atoms with E-state index in [0.29, 0.717) is 24.5 Å². The molecule has 138 valence electrons. The molecular weight excluding hydrogens is 347 g/mol. The van der Waals surface area contributed by atoms with Crippen molar-refractivity contribution < 1.29 is 22.7 Å². The van der Waals surface area contributed by atoms with Gasteiger partial charge >= 0.3 is 6.18 Å². The first kappa shape index (κ1) is 18.0. The summed E-state index contributed by atoms with van der Waals surface area (Å²) in [6.07, 6.45) is -1.75. The molecule has 26 heavy (non-hydrogen) atoms. The number of methoxy groups -OCH3 is 1. The quantitative estimate of drug-likeness (QED) is 0.891. The van der Waals surface area contributed by atoms with Gasteiger partial charge in [-0.3, -0.25) is 4.79 Å². The number of hydrogen-bond acceptors (Lipinski definition) is 4. The molecule has 1 N–H and O–H groups in total. The second kappa shape index (κ2) is 7.23. The van der Waals surface area contributed by atoms with E-state index in [1.165, 1.54) is 13.3 Å². The molecule has 1 aliphatic rings. The standard InChI is InChI=1S/C18H18F3N3O2/c1-26-14-6-4-5-13(10-14)23-17(25)12-9-15(18(19,20)21)16(22-11-12)24-7-2-3-8-24/h4-6,9-11H,2-3,7-8H2,1H3,(H,23,25). The van der Waals surface area contributed by atoms with Gasteiger partial charge in [-0.05, 0) is 31.0 Å². The lowest BCUT2D eigenvalue weighted by molar-refractivity contribution is -0.137. The lowest BCUT2D eigenvalue weighted by atomic mass is 10.1. The number of rotatable bonds is 4. The number of nitrogens with one attached hydrogen (secondary N) is 1. The van der Waals surface area contributed by atoms with E-state index in [1.54, 1.807) is 29.2 Å². The van der Waals surface area contributed by atoms with E-state index in [-0.39, 0.29) is 11.4 Å². The molecule has 1 aromatic carbocycles. The molecule has 1 aromatic heterocycles. The number of aromatic nitrogens is 1. The van der Waals surface area contributed by atoms with Crippen molar-refractivity contribution >= 4 is 17.4 Å². The zero-order valence-corrected chi connectivity index (χ0v) is 14.1. The Kier molecular flexibility index (Phi) is 5.01. The fourth-order valence-electron chi connectivity index (χ4n) is 2.88. The van der Waals surface area contributed by atoms with E-state index < -0.39 is 17.6 Å². The zero-order valence-electron chi connectivity index (χ0n) is 14.1. The lowest BCUT2D eigenvalue weighted by Crippen LogP contribution is -2.24. The summed E-state index contributed by atoms with van der Waals surface area (Å²) in [4.78, 5) is 17.9. The van der Waals surface area contributed by atoms with Gasteiger partial charge in [0, 0.05) is 31.0 Å². The highest BCUT2D eigenvalue weighted by Crippen LogP contribution is 2.37. The van der Waals surface area contributed by atoms with Crippen LogP contribution in [0.4, 0.5) is 24.7 Å². The molecule has 0 radical (unpaired) electrons. The molecule has 5 nitrogen and oxygen atoms in total. The van der Waals surface area contributed by atoms with Crippen molar-refractivity contribution in [1.29, 1.82) is 0 Å². The first-order valence-corrected chi connectivity index (χ1v) is 8.16. The maximum Gasteiger partial charge on any atom is 0.419 e. The molecule has 0 unspecified atom stereocenters. The summed E-state index contributed by atoms with van der Waals surface area (Å²) in [7, 11) is 1.48. The predicted molar refractivity (Wildman–Crippen MR) is 91.6 cm³/mol. The Bertz CT molecular complexity index is 803. The number of nitrogens with zero attached hydrogens (tertiary/aromatic N) is 2. The summed E-state index contributed by atoms with van der Waals surface area (Å²) in [6, 6.07) is 7.43. The molecular formula is C18H18F3N3O2. The molecule has 2 aromatic rings. The van der Waals surface area contributed by atoms with Crippen LogP contribution in [0.3, 0.4) is 0 Å². The van der Waals surface area contributed by atoms with Crippen molar-refractivity contribution in [3.63, 3.8) is 0 Å². The Balaban J connectivity index is 1.88. The van der Waals surface area contributed by atoms with Crippen molar-refractivity contribution in [2.24, 2.45) is 0 Å². The molecule has 1 fully saturated rings. The number of anilines is 2. The van der Waals surface area contributed by atoms with Gasteiger partial charge in [0.15, 0.2) is 0 Å². The number of halogens is 3. The highest BCUT2D eigenvalue weighted by atomic mass is 19.4. The third-order valence-corrected chi connectivity index (χ3v) is 4.17. The van der Waals surface area contributed by atoms with E-state index >= 15 is 0 Å². The molecule has 0 spiro atoms. The minimum Gasteiger partial charge on any atom is -0.497 e. The number of carbonyl (C=O) groups excluding carboxylic acids is 1. The van der Waals surface area contributed by atoms with E-state index in [4.69, 9.17) is 4.74 Å². The summed E-state index contributed by atoms with van der Waals surface area (Å²) >= 11 is 0. The number of carbonyl (C=O) groups is 1. The Hall–Kier alpha value is -2.77. The molecule has 1 aliphatic heterocycles. The first-order chi connectivity index (χ1) is 12.4. The number of amides is 1. The summed E-state index contributed by atoms with van der Waals surface area (Å²) in [5.41, 5.74) is -0.618. The Morgan fingerprint density at radius 1 is 1.23 bits per heavy atom. The SMILES string of the molecule is COc1cccc(NC(=O)c2cnc(N3CCCC3)c(C(F)(F)F)c2)c1. The summed E-state index contributed by atoms with van der Waals surface area (Å²) < 4.78 is 45.4. The summed E-state index contributed by atoms with van der Waals surface area (Å²) in [6.45, 7) is 1.07. The molecule has 1 amide bonds. The predicted octanol–water partition coefficient (Wildman–Crippen LogP) is 3.96. The number of alkyl halides is 3. The van der Waals surface area contributed by atoms with E-state index in [2.05, 4.69) is 10.3 Å². The maximum atomic E-state index is 13.5. The van der Waals surface area contributed by atoms with Crippen molar-refractivity contribution in [2.75, 3.05) is 30.4 Å². The molecule has 2 heterocycles. The van der Waals surface area contributed by atoms with E-state index in [9.17, 15) is 18.0 Å². The topological polar surface area (TPSA) is 54.5 Å². The second-order valence-corrected chi connectivity index (χ2v) is 5.97. The normalized spacial score (nSPS) is 14.4. The molecule has 1 saturated heterocycles. The molecule has 0 saturated carbocycles. The molecule has 8 heteroatoms. The zero-order chi connectivity index (χ0) is 18.7. The number of hydrogen-bond donors (Lipinski definition) is 1. The van der Waals surface area contributed by atoms with Crippen LogP contribution in [0.2, 0.25) is 0 Å². The van der Waals surface area contributed by atoms with Crippen molar-refractivity contribution in [3.05, 3.63) is 47.7 Å². The minimum atomic E-state index is -4.59. The van der Waals surface area contributed by atoms with Gasteiger partial charge in [0.05, 0.1) is 18.2 Å². The maximum absolute atomic E-state index is 13.5. The number of ether oxygens (including phenoxy) is 1. The van der Waals surface area contributed by atoms with Crippen LogP contribution in [0.15, 0.2) is 36.5 Å². The number of pyridine rings is 1. The Morgan fingerprint density at radius 2 is 1.96 bits per heavy atom. The average Bonchev–Trinajstić information content (AvgIpc) is 3.15. The third-order valence-electron chi connectivity index (χ3n) is 4.17. The first-order valence-electron chi connectivity index (χ1n) is 8.16. The highest BCUT2D eigenvalue weighted by molar-refractivity contribution is 6.04. The minimum absolute atomic E-state index is 0.118. The van der Waals surface area contributed by atoms with Crippen molar-refractivity contribution in [1.82, 2.24) is 4.98 Å². The molecule has 0 bridgehead atoms.